The van der Waals surface area contributed by atoms with Crippen molar-refractivity contribution in [3.63, 3.8) is 0 Å². The highest BCUT2D eigenvalue weighted by atomic mass is 79.9. The first kappa shape index (κ1) is 16.5. The second-order valence-electron chi connectivity index (χ2n) is 6.01. The van der Waals surface area contributed by atoms with Crippen LogP contribution in [0.25, 0.3) is 22.3 Å². The number of nitrogens with zero attached hydrogens (tertiary/aromatic N) is 2. The minimum atomic E-state index is 0.685. The highest BCUT2D eigenvalue weighted by Gasteiger charge is 2.11. The number of aromatic nitrogens is 2. The van der Waals surface area contributed by atoms with E-state index in [1.807, 2.05) is 66.7 Å². The van der Waals surface area contributed by atoms with Gasteiger partial charge in [-0.2, -0.15) is 0 Å². The van der Waals surface area contributed by atoms with Crippen LogP contribution in [0.1, 0.15) is 5.56 Å². The molecule has 0 unspecified atom stereocenters. The molecule has 0 spiro atoms. The maximum atomic E-state index is 4.84. The highest BCUT2D eigenvalue weighted by Crippen LogP contribution is 2.28. The van der Waals surface area contributed by atoms with Gasteiger partial charge in [0.25, 0.3) is 0 Å². The molecule has 4 rings (SSSR count). The van der Waals surface area contributed by atoms with E-state index in [9.17, 15) is 0 Å². The van der Waals surface area contributed by atoms with Crippen molar-refractivity contribution in [3.05, 3.63) is 82.8 Å². The molecule has 0 bridgehead atoms. The van der Waals surface area contributed by atoms with Gasteiger partial charge in [0.1, 0.15) is 5.69 Å². The molecule has 1 aromatic heterocycles. The summed E-state index contributed by atoms with van der Waals surface area (Å²) in [6.45, 7) is 2.05. The van der Waals surface area contributed by atoms with E-state index in [4.69, 9.17) is 9.97 Å². The van der Waals surface area contributed by atoms with Gasteiger partial charge < -0.3 is 0 Å². The lowest BCUT2D eigenvalue weighted by molar-refractivity contribution is 1.24. The molecule has 0 saturated heterocycles. The van der Waals surface area contributed by atoms with Crippen LogP contribution in [-0.4, -0.2) is 9.97 Å². The summed E-state index contributed by atoms with van der Waals surface area (Å²) in [5.74, 6) is 0.685. The number of nitrogens with one attached hydrogen (secondary N) is 2. The van der Waals surface area contributed by atoms with E-state index in [0.717, 1.165) is 38.0 Å². The Morgan fingerprint density at radius 3 is 2.35 bits per heavy atom. The summed E-state index contributed by atoms with van der Waals surface area (Å²) in [7, 11) is 0. The van der Waals surface area contributed by atoms with Crippen LogP contribution in [0.5, 0.6) is 0 Å². The zero-order chi connectivity index (χ0) is 17.9. The van der Waals surface area contributed by atoms with E-state index < -0.39 is 0 Å². The molecular weight excluding hydrogens is 388 g/mol. The van der Waals surface area contributed by atoms with Crippen LogP contribution in [0.15, 0.2) is 77.3 Å². The third kappa shape index (κ3) is 3.39. The second-order valence-corrected chi connectivity index (χ2v) is 6.86. The highest BCUT2D eigenvalue weighted by molar-refractivity contribution is 9.10. The monoisotopic (exact) mass is 404 g/mol. The van der Waals surface area contributed by atoms with E-state index in [1.54, 1.807) is 0 Å². The fraction of sp³-hybridized carbons (Fsp3) is 0.0476. The van der Waals surface area contributed by atoms with Gasteiger partial charge in [-0.3, -0.25) is 10.9 Å². The molecule has 0 aliphatic heterocycles. The van der Waals surface area contributed by atoms with Gasteiger partial charge in [-0.05, 0) is 52.7 Å². The number of benzene rings is 3. The van der Waals surface area contributed by atoms with Crippen molar-refractivity contribution in [1.29, 1.82) is 0 Å². The van der Waals surface area contributed by atoms with Crippen LogP contribution in [-0.2, 0) is 0 Å². The molecule has 4 nitrogen and oxygen atoms in total. The van der Waals surface area contributed by atoms with Crippen molar-refractivity contribution < 1.29 is 0 Å². The summed E-state index contributed by atoms with van der Waals surface area (Å²) in [6, 6.07) is 24.1. The average Bonchev–Trinajstić information content (AvgIpc) is 2.67. The van der Waals surface area contributed by atoms with Crippen LogP contribution < -0.4 is 10.9 Å². The van der Waals surface area contributed by atoms with Crippen molar-refractivity contribution >= 4 is 38.5 Å². The Balaban J connectivity index is 1.79. The Bertz CT molecular complexity index is 1060. The van der Waals surface area contributed by atoms with Gasteiger partial charge in [-0.1, -0.05) is 48.5 Å². The molecule has 0 atom stereocenters. The Hall–Kier alpha value is -2.92. The lowest BCUT2D eigenvalue weighted by Gasteiger charge is -2.14. The first-order valence-electron chi connectivity index (χ1n) is 8.31. The zero-order valence-electron chi connectivity index (χ0n) is 14.2. The molecule has 0 aliphatic carbocycles. The van der Waals surface area contributed by atoms with Gasteiger partial charge in [-0.15, -0.1) is 0 Å². The van der Waals surface area contributed by atoms with Gasteiger partial charge in [0, 0.05) is 10.0 Å². The molecule has 0 radical (unpaired) electrons. The van der Waals surface area contributed by atoms with Crippen molar-refractivity contribution in [2.45, 2.75) is 6.92 Å². The third-order valence-corrected chi connectivity index (χ3v) is 4.75. The normalized spacial score (nSPS) is 10.7. The van der Waals surface area contributed by atoms with E-state index in [-0.39, 0.29) is 0 Å². The van der Waals surface area contributed by atoms with Crippen molar-refractivity contribution in [1.82, 2.24) is 9.97 Å². The topological polar surface area (TPSA) is 49.8 Å². The predicted molar refractivity (Wildman–Crippen MR) is 111 cm³/mol. The number of para-hydroxylation sites is 1. The summed E-state index contributed by atoms with van der Waals surface area (Å²) < 4.78 is 0.971. The van der Waals surface area contributed by atoms with Gasteiger partial charge in [0.2, 0.25) is 0 Å². The molecule has 0 amide bonds. The van der Waals surface area contributed by atoms with Crippen LogP contribution in [0.4, 0.5) is 11.5 Å². The van der Waals surface area contributed by atoms with Crippen molar-refractivity contribution in [2.75, 3.05) is 10.9 Å². The van der Waals surface area contributed by atoms with Crippen molar-refractivity contribution in [3.8, 4) is 11.3 Å². The number of rotatable bonds is 4. The van der Waals surface area contributed by atoms with Crippen LogP contribution in [0, 0.1) is 6.92 Å². The number of hydrogen-bond acceptors (Lipinski definition) is 4. The van der Waals surface area contributed by atoms with Gasteiger partial charge in [0.05, 0.1) is 16.7 Å². The summed E-state index contributed by atoms with van der Waals surface area (Å²) in [5.41, 5.74) is 12.1. The van der Waals surface area contributed by atoms with E-state index >= 15 is 0 Å². The maximum absolute atomic E-state index is 4.84. The minimum Gasteiger partial charge on any atom is -0.298 e. The summed E-state index contributed by atoms with van der Waals surface area (Å²) in [6.07, 6.45) is 0. The fourth-order valence-corrected chi connectivity index (χ4v) is 3.12. The first-order valence-corrected chi connectivity index (χ1v) is 9.10. The number of hydrazine groups is 1. The number of halogens is 1. The largest absolute Gasteiger partial charge is 0.298 e. The third-order valence-electron chi connectivity index (χ3n) is 4.06. The van der Waals surface area contributed by atoms with Gasteiger partial charge >= 0.3 is 0 Å². The molecule has 0 aliphatic rings. The smallest absolute Gasteiger partial charge is 0.171 e. The zero-order valence-corrected chi connectivity index (χ0v) is 15.8. The molecule has 128 valence electrons. The maximum Gasteiger partial charge on any atom is 0.171 e. The van der Waals surface area contributed by atoms with E-state index in [0.29, 0.717) is 5.82 Å². The Morgan fingerprint density at radius 1 is 0.769 bits per heavy atom. The molecule has 1 heterocycles. The molecule has 0 fully saturated rings. The minimum absolute atomic E-state index is 0.685. The standard InChI is InChI=1S/C21H17BrN4/c1-14-11-12-18-19(13-14)24-21(20(23-18)15-7-3-2-4-8-15)26-25-17-10-6-5-9-16(17)22/h2-13,25H,1H3,(H,24,26). The molecule has 4 aromatic rings. The van der Waals surface area contributed by atoms with Crippen LogP contribution in [0.2, 0.25) is 0 Å². The molecule has 0 saturated carbocycles. The number of anilines is 2. The lowest BCUT2D eigenvalue weighted by Crippen LogP contribution is -2.12. The van der Waals surface area contributed by atoms with Gasteiger partial charge in [-0.25, -0.2) is 9.97 Å². The fourth-order valence-electron chi connectivity index (χ4n) is 2.74. The molecule has 5 heteroatoms. The molecule has 26 heavy (non-hydrogen) atoms. The Morgan fingerprint density at radius 2 is 1.54 bits per heavy atom. The van der Waals surface area contributed by atoms with Crippen LogP contribution in [0.3, 0.4) is 0 Å². The summed E-state index contributed by atoms with van der Waals surface area (Å²) in [4.78, 5) is 9.65. The molecule has 3 aromatic carbocycles. The first-order chi connectivity index (χ1) is 12.7. The SMILES string of the molecule is Cc1ccc2nc(-c3ccccc3)c(NNc3ccccc3Br)nc2c1. The second kappa shape index (κ2) is 7.14. The molecule has 2 N–H and O–H groups in total. The Kier molecular flexibility index (Phi) is 4.54. The average molecular weight is 405 g/mol. The number of fused-ring (bicyclic) bond motifs is 1. The van der Waals surface area contributed by atoms with E-state index in [2.05, 4.69) is 39.8 Å². The van der Waals surface area contributed by atoms with Crippen molar-refractivity contribution in [2.24, 2.45) is 0 Å². The lowest BCUT2D eigenvalue weighted by atomic mass is 10.1. The van der Waals surface area contributed by atoms with E-state index in [1.165, 1.54) is 0 Å². The summed E-state index contributed by atoms with van der Waals surface area (Å²) >= 11 is 3.54. The van der Waals surface area contributed by atoms with Crippen LogP contribution >= 0.6 is 15.9 Å². The quantitative estimate of drug-likeness (QED) is 0.421. The number of hydrogen-bond donors (Lipinski definition) is 2. The summed E-state index contributed by atoms with van der Waals surface area (Å²) in [5, 5.41) is 0. The number of aryl methyl sites for hydroxylation is 1. The Labute approximate surface area is 160 Å². The predicted octanol–water partition coefficient (Wildman–Crippen LogP) is 5.81. The molecular formula is C21H17BrN4. The van der Waals surface area contributed by atoms with Gasteiger partial charge in [0.15, 0.2) is 5.82 Å².